The number of aryl methyl sites for hydroxylation is 4. The molecule has 0 saturated heterocycles. The standard InChI is InChI=1S/C24H26N2O3S/c1-17-9-12-21(13-10-17)30(28,29)26(23-8-6-5-7-19(23)3)16-24(27)25-22-14-11-18(2)15-20(22)4/h5-15H,16H2,1-4H3,(H,25,27). The van der Waals surface area contributed by atoms with Crippen molar-refractivity contribution < 1.29 is 13.2 Å². The van der Waals surface area contributed by atoms with Crippen molar-refractivity contribution in [3.05, 3.63) is 89.0 Å². The van der Waals surface area contributed by atoms with Gasteiger partial charge in [0, 0.05) is 5.69 Å². The zero-order chi connectivity index (χ0) is 21.9. The van der Waals surface area contributed by atoms with Crippen molar-refractivity contribution in [2.45, 2.75) is 32.6 Å². The topological polar surface area (TPSA) is 66.5 Å². The fourth-order valence-electron chi connectivity index (χ4n) is 3.25. The Balaban J connectivity index is 1.97. The summed E-state index contributed by atoms with van der Waals surface area (Å²) < 4.78 is 28.1. The summed E-state index contributed by atoms with van der Waals surface area (Å²) in [5.74, 6) is -0.402. The number of hydrogen-bond donors (Lipinski definition) is 1. The molecule has 6 heteroatoms. The molecule has 0 spiro atoms. The second kappa shape index (κ2) is 8.71. The van der Waals surface area contributed by atoms with Crippen molar-refractivity contribution >= 4 is 27.3 Å². The van der Waals surface area contributed by atoms with Crippen LogP contribution in [0.4, 0.5) is 11.4 Å². The zero-order valence-electron chi connectivity index (χ0n) is 17.6. The van der Waals surface area contributed by atoms with E-state index in [1.165, 1.54) is 4.31 Å². The van der Waals surface area contributed by atoms with E-state index < -0.39 is 15.9 Å². The molecule has 1 N–H and O–H groups in total. The van der Waals surface area contributed by atoms with Gasteiger partial charge in [-0.05, 0) is 63.1 Å². The molecule has 0 unspecified atom stereocenters. The second-order valence-corrected chi connectivity index (χ2v) is 9.34. The number of nitrogens with zero attached hydrogens (tertiary/aromatic N) is 1. The van der Waals surface area contributed by atoms with Crippen LogP contribution in [0.3, 0.4) is 0 Å². The Morgan fingerprint density at radius 2 is 1.47 bits per heavy atom. The molecular formula is C24H26N2O3S. The van der Waals surface area contributed by atoms with Crippen molar-refractivity contribution in [3.8, 4) is 0 Å². The Bertz CT molecular complexity index is 1170. The number of carbonyl (C=O) groups is 1. The molecule has 0 fully saturated rings. The lowest BCUT2D eigenvalue weighted by Crippen LogP contribution is -2.38. The summed E-state index contributed by atoms with van der Waals surface area (Å²) in [4.78, 5) is 13.0. The fraction of sp³-hybridized carbons (Fsp3) is 0.208. The van der Waals surface area contributed by atoms with Crippen molar-refractivity contribution in [1.29, 1.82) is 0 Å². The van der Waals surface area contributed by atoms with Gasteiger partial charge in [0.1, 0.15) is 6.54 Å². The molecule has 156 valence electrons. The molecule has 0 heterocycles. The fourth-order valence-corrected chi connectivity index (χ4v) is 4.74. The van der Waals surface area contributed by atoms with Crippen LogP contribution in [0.2, 0.25) is 0 Å². The van der Waals surface area contributed by atoms with Crippen molar-refractivity contribution in [2.24, 2.45) is 0 Å². The van der Waals surface area contributed by atoms with Gasteiger partial charge < -0.3 is 5.32 Å². The predicted octanol–water partition coefficient (Wildman–Crippen LogP) is 4.75. The number of carbonyl (C=O) groups excluding carboxylic acids is 1. The molecule has 0 bridgehead atoms. The maximum Gasteiger partial charge on any atom is 0.264 e. The van der Waals surface area contributed by atoms with E-state index >= 15 is 0 Å². The normalized spacial score (nSPS) is 11.2. The first-order chi connectivity index (χ1) is 14.2. The smallest absolute Gasteiger partial charge is 0.264 e. The van der Waals surface area contributed by atoms with Gasteiger partial charge in [0.25, 0.3) is 10.0 Å². The summed E-state index contributed by atoms with van der Waals surface area (Å²) in [5.41, 5.74) is 4.90. The highest BCUT2D eigenvalue weighted by molar-refractivity contribution is 7.92. The Labute approximate surface area is 178 Å². The van der Waals surface area contributed by atoms with Gasteiger partial charge >= 0.3 is 0 Å². The molecule has 0 aromatic heterocycles. The lowest BCUT2D eigenvalue weighted by atomic mass is 10.1. The third-order valence-corrected chi connectivity index (χ3v) is 6.71. The summed E-state index contributed by atoms with van der Waals surface area (Å²) in [6.07, 6.45) is 0. The van der Waals surface area contributed by atoms with Crippen molar-refractivity contribution in [3.63, 3.8) is 0 Å². The third-order valence-electron chi connectivity index (χ3n) is 4.94. The van der Waals surface area contributed by atoms with E-state index in [2.05, 4.69) is 5.32 Å². The number of para-hydroxylation sites is 1. The summed E-state index contributed by atoms with van der Waals surface area (Å²) in [6, 6.07) is 19.5. The largest absolute Gasteiger partial charge is 0.324 e. The Hall–Kier alpha value is -3.12. The number of rotatable bonds is 6. The van der Waals surface area contributed by atoms with Crippen LogP contribution < -0.4 is 9.62 Å². The van der Waals surface area contributed by atoms with E-state index in [-0.39, 0.29) is 11.4 Å². The predicted molar refractivity (Wildman–Crippen MR) is 121 cm³/mol. The molecule has 1 amide bonds. The van der Waals surface area contributed by atoms with Crippen LogP contribution in [-0.2, 0) is 14.8 Å². The molecule has 3 aromatic carbocycles. The molecule has 5 nitrogen and oxygen atoms in total. The first kappa shape index (κ1) is 21.6. The third kappa shape index (κ3) is 4.71. The van der Waals surface area contributed by atoms with Gasteiger partial charge in [-0.15, -0.1) is 0 Å². The summed E-state index contributed by atoms with van der Waals surface area (Å²) in [7, 11) is -3.93. The maximum atomic E-state index is 13.4. The van der Waals surface area contributed by atoms with Gasteiger partial charge in [-0.1, -0.05) is 53.6 Å². The first-order valence-electron chi connectivity index (χ1n) is 9.70. The Morgan fingerprint density at radius 1 is 0.833 bits per heavy atom. The average molecular weight is 423 g/mol. The lowest BCUT2D eigenvalue weighted by molar-refractivity contribution is -0.114. The van der Waals surface area contributed by atoms with Crippen LogP contribution in [0.15, 0.2) is 71.6 Å². The number of sulfonamides is 1. The number of hydrogen-bond acceptors (Lipinski definition) is 3. The molecule has 0 atom stereocenters. The zero-order valence-corrected chi connectivity index (χ0v) is 18.5. The highest BCUT2D eigenvalue weighted by Gasteiger charge is 2.28. The maximum absolute atomic E-state index is 13.4. The molecule has 0 aliphatic rings. The van der Waals surface area contributed by atoms with Gasteiger partial charge in [0.2, 0.25) is 5.91 Å². The average Bonchev–Trinajstić information content (AvgIpc) is 2.69. The minimum absolute atomic E-state index is 0.149. The SMILES string of the molecule is Cc1ccc(S(=O)(=O)N(CC(=O)Nc2ccc(C)cc2C)c2ccccc2C)cc1. The van der Waals surface area contributed by atoms with Gasteiger partial charge in [0.15, 0.2) is 0 Å². The number of anilines is 2. The van der Waals surface area contributed by atoms with Crippen molar-refractivity contribution in [2.75, 3.05) is 16.2 Å². The van der Waals surface area contributed by atoms with E-state index in [0.29, 0.717) is 11.4 Å². The lowest BCUT2D eigenvalue weighted by Gasteiger charge is -2.25. The molecule has 3 rings (SSSR count). The molecule has 3 aromatic rings. The van der Waals surface area contributed by atoms with Gasteiger partial charge in [0.05, 0.1) is 10.6 Å². The molecule has 0 radical (unpaired) electrons. The second-order valence-electron chi connectivity index (χ2n) is 7.48. The molecule has 30 heavy (non-hydrogen) atoms. The van der Waals surface area contributed by atoms with Crippen molar-refractivity contribution in [1.82, 2.24) is 0 Å². The van der Waals surface area contributed by atoms with E-state index in [4.69, 9.17) is 0 Å². The molecule has 0 aliphatic carbocycles. The Kier molecular flexibility index (Phi) is 6.27. The number of nitrogens with one attached hydrogen (secondary N) is 1. The minimum Gasteiger partial charge on any atom is -0.324 e. The van der Waals surface area contributed by atoms with E-state index in [1.807, 2.05) is 58.0 Å². The van der Waals surface area contributed by atoms with E-state index in [9.17, 15) is 13.2 Å². The first-order valence-corrected chi connectivity index (χ1v) is 11.1. The van der Waals surface area contributed by atoms with Crippen LogP contribution in [0.5, 0.6) is 0 Å². The van der Waals surface area contributed by atoms with Crippen LogP contribution in [0.25, 0.3) is 0 Å². The summed E-state index contributed by atoms with van der Waals surface area (Å²) in [5, 5.41) is 2.84. The van der Waals surface area contributed by atoms with E-state index in [1.54, 1.807) is 36.4 Å². The summed E-state index contributed by atoms with van der Waals surface area (Å²) >= 11 is 0. The van der Waals surface area contributed by atoms with Gasteiger partial charge in [-0.3, -0.25) is 9.10 Å². The van der Waals surface area contributed by atoms with Crippen LogP contribution in [-0.4, -0.2) is 20.9 Å². The highest BCUT2D eigenvalue weighted by Crippen LogP contribution is 2.27. The van der Waals surface area contributed by atoms with Crippen LogP contribution in [0.1, 0.15) is 22.3 Å². The van der Waals surface area contributed by atoms with Crippen LogP contribution in [0, 0.1) is 27.7 Å². The van der Waals surface area contributed by atoms with Gasteiger partial charge in [-0.25, -0.2) is 8.42 Å². The van der Waals surface area contributed by atoms with Crippen LogP contribution >= 0.6 is 0 Å². The highest BCUT2D eigenvalue weighted by atomic mass is 32.2. The minimum atomic E-state index is -3.93. The molecular weight excluding hydrogens is 396 g/mol. The monoisotopic (exact) mass is 422 g/mol. The molecule has 0 saturated carbocycles. The summed E-state index contributed by atoms with van der Waals surface area (Å²) in [6.45, 7) is 7.29. The number of benzene rings is 3. The Morgan fingerprint density at radius 3 is 2.10 bits per heavy atom. The quantitative estimate of drug-likeness (QED) is 0.623. The van der Waals surface area contributed by atoms with Gasteiger partial charge in [-0.2, -0.15) is 0 Å². The van der Waals surface area contributed by atoms with E-state index in [0.717, 1.165) is 22.3 Å². The molecule has 0 aliphatic heterocycles. The number of amides is 1.